The molecule has 36 heavy (non-hydrogen) atoms. The predicted octanol–water partition coefficient (Wildman–Crippen LogP) is 5.17. The van der Waals surface area contributed by atoms with E-state index < -0.39 is 0 Å². The van der Waals surface area contributed by atoms with Crippen molar-refractivity contribution in [1.29, 1.82) is 0 Å². The number of amides is 3. The maximum atomic E-state index is 13.0. The summed E-state index contributed by atoms with van der Waals surface area (Å²) >= 11 is 1.64. The molecule has 1 saturated heterocycles. The Kier molecular flexibility index (Phi) is 6.47. The van der Waals surface area contributed by atoms with Gasteiger partial charge in [0, 0.05) is 30.4 Å². The van der Waals surface area contributed by atoms with E-state index in [0.717, 1.165) is 20.8 Å². The van der Waals surface area contributed by atoms with Crippen LogP contribution in [0.25, 0.3) is 20.8 Å². The Bertz CT molecular complexity index is 1430. The molecule has 0 radical (unpaired) electrons. The largest absolute Gasteiger partial charge is 0.497 e. The number of benzene rings is 3. The number of fused-ring (bicyclic) bond motifs is 1. The fraction of sp³-hybridized carbons (Fsp3) is 0.222. The molecule has 0 saturated carbocycles. The number of hydrogen-bond donors (Lipinski definition) is 1. The average Bonchev–Trinajstić information content (AvgIpc) is 3.47. The molecule has 0 atom stereocenters. The first-order valence-electron chi connectivity index (χ1n) is 11.5. The first-order chi connectivity index (χ1) is 17.4. The highest BCUT2D eigenvalue weighted by Gasteiger charge is 2.32. The van der Waals surface area contributed by atoms with E-state index >= 15 is 0 Å². The van der Waals surface area contributed by atoms with Gasteiger partial charge < -0.3 is 19.7 Å². The van der Waals surface area contributed by atoms with Gasteiger partial charge in [0.05, 0.1) is 30.1 Å². The van der Waals surface area contributed by atoms with Crippen molar-refractivity contribution >= 4 is 44.9 Å². The lowest BCUT2D eigenvalue weighted by molar-refractivity contribution is -0.116. The highest BCUT2D eigenvalue weighted by Crippen LogP contribution is 2.34. The van der Waals surface area contributed by atoms with Gasteiger partial charge in [-0.25, -0.2) is 9.78 Å². The summed E-state index contributed by atoms with van der Waals surface area (Å²) in [7, 11) is 3.13. The summed E-state index contributed by atoms with van der Waals surface area (Å²) in [5.74, 6) is 0.934. The molecule has 3 amide bonds. The van der Waals surface area contributed by atoms with Crippen LogP contribution >= 0.6 is 11.3 Å². The van der Waals surface area contributed by atoms with Crippen molar-refractivity contribution < 1.29 is 19.1 Å². The Labute approximate surface area is 213 Å². The molecule has 0 aliphatic carbocycles. The number of hydrogen-bond acceptors (Lipinski definition) is 6. The Morgan fingerprint density at radius 3 is 2.58 bits per heavy atom. The molecule has 5 rings (SSSR count). The molecule has 184 valence electrons. The zero-order chi connectivity index (χ0) is 25.2. The lowest BCUT2D eigenvalue weighted by atomic mass is 10.2. The number of ether oxygens (including phenoxy) is 2. The molecule has 2 heterocycles. The van der Waals surface area contributed by atoms with Crippen LogP contribution in [0.4, 0.5) is 16.2 Å². The maximum Gasteiger partial charge on any atom is 0.325 e. The minimum absolute atomic E-state index is 0.0411. The van der Waals surface area contributed by atoms with Crippen LogP contribution in [0.5, 0.6) is 11.5 Å². The second-order valence-electron chi connectivity index (χ2n) is 8.51. The number of aryl methyl sites for hydroxylation is 1. The standard InChI is InChI=1S/C27H26N4O4S/c1-17-4-10-21-24(14-17)36-26(29-21)18-5-7-19(8-6-18)28-25(32)16-30-12-13-31(27(30)33)22-15-20(34-2)9-11-23(22)35-3/h4-11,14-15H,12-13,16H2,1-3H3,(H,28,32). The van der Waals surface area contributed by atoms with Crippen LogP contribution in [0.3, 0.4) is 0 Å². The second kappa shape index (κ2) is 9.87. The summed E-state index contributed by atoms with van der Waals surface area (Å²) in [5, 5.41) is 3.82. The number of aromatic nitrogens is 1. The molecule has 1 fully saturated rings. The van der Waals surface area contributed by atoms with Crippen molar-refractivity contribution in [2.24, 2.45) is 0 Å². The quantitative estimate of drug-likeness (QED) is 0.377. The SMILES string of the molecule is COc1ccc(OC)c(N2CCN(CC(=O)Nc3ccc(-c4nc5ccc(C)cc5s4)cc3)C2=O)c1. The molecule has 1 aliphatic heterocycles. The Morgan fingerprint density at radius 1 is 1.03 bits per heavy atom. The van der Waals surface area contributed by atoms with Crippen LogP contribution in [0.15, 0.2) is 60.7 Å². The predicted molar refractivity (Wildman–Crippen MR) is 142 cm³/mol. The van der Waals surface area contributed by atoms with Gasteiger partial charge in [-0.2, -0.15) is 0 Å². The lowest BCUT2D eigenvalue weighted by Gasteiger charge is -2.21. The third-order valence-corrected chi connectivity index (χ3v) is 7.13. The molecule has 1 N–H and O–H groups in total. The fourth-order valence-corrected chi connectivity index (χ4v) is 5.26. The highest BCUT2D eigenvalue weighted by molar-refractivity contribution is 7.21. The number of rotatable bonds is 7. The number of urea groups is 1. The van der Waals surface area contributed by atoms with Gasteiger partial charge in [-0.3, -0.25) is 9.69 Å². The van der Waals surface area contributed by atoms with Gasteiger partial charge in [0.15, 0.2) is 0 Å². The number of nitrogens with one attached hydrogen (secondary N) is 1. The lowest BCUT2D eigenvalue weighted by Crippen LogP contribution is -2.37. The normalized spacial score (nSPS) is 13.4. The van der Waals surface area contributed by atoms with E-state index in [-0.39, 0.29) is 18.5 Å². The van der Waals surface area contributed by atoms with Gasteiger partial charge in [0.1, 0.15) is 23.1 Å². The number of carbonyl (C=O) groups excluding carboxylic acids is 2. The molecule has 1 aromatic heterocycles. The molecule has 3 aromatic carbocycles. The van der Waals surface area contributed by atoms with Gasteiger partial charge >= 0.3 is 6.03 Å². The van der Waals surface area contributed by atoms with Crippen molar-refractivity contribution in [3.63, 3.8) is 0 Å². The molecule has 0 spiro atoms. The van der Waals surface area contributed by atoms with E-state index in [1.165, 1.54) is 10.5 Å². The van der Waals surface area contributed by atoms with E-state index in [9.17, 15) is 9.59 Å². The average molecular weight is 503 g/mol. The first-order valence-corrected chi connectivity index (χ1v) is 12.3. The zero-order valence-corrected chi connectivity index (χ0v) is 21.1. The number of nitrogens with zero attached hydrogens (tertiary/aromatic N) is 3. The van der Waals surface area contributed by atoms with E-state index in [4.69, 9.17) is 14.5 Å². The number of methoxy groups -OCH3 is 2. The molecule has 4 aromatic rings. The summed E-state index contributed by atoms with van der Waals surface area (Å²) < 4.78 is 11.9. The van der Waals surface area contributed by atoms with Crippen LogP contribution < -0.4 is 19.7 Å². The number of anilines is 2. The van der Waals surface area contributed by atoms with E-state index in [0.29, 0.717) is 36.0 Å². The van der Waals surface area contributed by atoms with Crippen molar-refractivity contribution in [2.75, 3.05) is 44.1 Å². The Hall–Kier alpha value is -4.11. The van der Waals surface area contributed by atoms with Gasteiger partial charge in [-0.1, -0.05) is 6.07 Å². The van der Waals surface area contributed by atoms with Gasteiger partial charge in [0.2, 0.25) is 5.91 Å². The van der Waals surface area contributed by atoms with Crippen LogP contribution in [-0.2, 0) is 4.79 Å². The van der Waals surface area contributed by atoms with Gasteiger partial charge in [0.25, 0.3) is 0 Å². The topological polar surface area (TPSA) is 84.0 Å². The number of thiazole rings is 1. The van der Waals surface area contributed by atoms with E-state index in [1.54, 1.807) is 48.7 Å². The van der Waals surface area contributed by atoms with Crippen LogP contribution in [0.2, 0.25) is 0 Å². The molecule has 1 aliphatic rings. The van der Waals surface area contributed by atoms with Crippen molar-refractivity contribution in [2.45, 2.75) is 6.92 Å². The summed E-state index contributed by atoms with van der Waals surface area (Å²) in [5.41, 5.74) is 4.46. The number of carbonyl (C=O) groups is 2. The summed E-state index contributed by atoms with van der Waals surface area (Å²) in [6.07, 6.45) is 0. The smallest absolute Gasteiger partial charge is 0.325 e. The minimum atomic E-state index is -0.258. The van der Waals surface area contributed by atoms with Gasteiger partial charge in [-0.15, -0.1) is 11.3 Å². The molecule has 0 unspecified atom stereocenters. The monoisotopic (exact) mass is 502 g/mol. The zero-order valence-electron chi connectivity index (χ0n) is 20.3. The summed E-state index contributed by atoms with van der Waals surface area (Å²) in [4.78, 5) is 33.6. The van der Waals surface area contributed by atoms with Gasteiger partial charge in [-0.05, 0) is 61.0 Å². The molecular formula is C27H26N4O4S. The fourth-order valence-electron chi connectivity index (χ4n) is 4.19. The minimum Gasteiger partial charge on any atom is -0.497 e. The Morgan fingerprint density at radius 2 is 1.83 bits per heavy atom. The van der Waals surface area contributed by atoms with Crippen LogP contribution in [0, 0.1) is 6.92 Å². The molecular weight excluding hydrogens is 476 g/mol. The highest BCUT2D eigenvalue weighted by atomic mass is 32.1. The molecule has 8 nitrogen and oxygen atoms in total. The Balaban J connectivity index is 1.23. The molecule has 9 heteroatoms. The first kappa shape index (κ1) is 23.6. The maximum absolute atomic E-state index is 13.0. The third kappa shape index (κ3) is 4.70. The van der Waals surface area contributed by atoms with Crippen LogP contribution in [0.1, 0.15) is 5.56 Å². The van der Waals surface area contributed by atoms with Crippen LogP contribution in [-0.4, -0.2) is 55.7 Å². The van der Waals surface area contributed by atoms with Crippen molar-refractivity contribution in [1.82, 2.24) is 9.88 Å². The molecule has 0 bridgehead atoms. The summed E-state index contributed by atoms with van der Waals surface area (Å²) in [6.45, 7) is 2.91. The second-order valence-corrected chi connectivity index (χ2v) is 9.54. The summed E-state index contributed by atoms with van der Waals surface area (Å²) in [6, 6.07) is 18.9. The van der Waals surface area contributed by atoms with Crippen molar-refractivity contribution in [3.8, 4) is 22.1 Å². The third-order valence-electron chi connectivity index (χ3n) is 6.07. The van der Waals surface area contributed by atoms with Crippen molar-refractivity contribution in [3.05, 3.63) is 66.2 Å². The van der Waals surface area contributed by atoms with E-state index in [2.05, 4.69) is 24.4 Å². The van der Waals surface area contributed by atoms with E-state index in [1.807, 2.05) is 30.3 Å².